The molecule has 0 bridgehead atoms. The van der Waals surface area contributed by atoms with Crippen LogP contribution in [0.3, 0.4) is 0 Å². The fraction of sp³-hybridized carbons (Fsp3) is 0.667. The SMILES string of the molecule is CCOC(=O)N1CCC(c2nnc(Cn3cncn3)n2CC)CC1. The van der Waals surface area contributed by atoms with E-state index in [2.05, 4.69) is 31.8 Å². The largest absolute Gasteiger partial charge is 0.450 e. The van der Waals surface area contributed by atoms with Crippen molar-refractivity contribution in [2.75, 3.05) is 19.7 Å². The molecule has 1 amide bonds. The highest BCUT2D eigenvalue weighted by molar-refractivity contribution is 5.67. The van der Waals surface area contributed by atoms with Crippen molar-refractivity contribution in [1.82, 2.24) is 34.4 Å². The molecule has 0 atom stereocenters. The number of rotatable bonds is 5. The van der Waals surface area contributed by atoms with Crippen molar-refractivity contribution >= 4 is 6.09 Å². The van der Waals surface area contributed by atoms with Crippen LogP contribution in [0.25, 0.3) is 0 Å². The van der Waals surface area contributed by atoms with Gasteiger partial charge in [0.15, 0.2) is 5.82 Å². The molecule has 1 saturated heterocycles. The van der Waals surface area contributed by atoms with Gasteiger partial charge in [0.1, 0.15) is 25.0 Å². The van der Waals surface area contributed by atoms with Crippen molar-refractivity contribution in [3.8, 4) is 0 Å². The van der Waals surface area contributed by atoms with Crippen LogP contribution in [0.1, 0.15) is 44.3 Å². The minimum atomic E-state index is -0.222. The van der Waals surface area contributed by atoms with E-state index in [1.807, 2.05) is 6.92 Å². The molecule has 1 aliphatic heterocycles. The Kier molecular flexibility index (Phi) is 5.07. The summed E-state index contributed by atoms with van der Waals surface area (Å²) in [5.74, 6) is 2.19. The van der Waals surface area contributed by atoms with Gasteiger partial charge in [-0.15, -0.1) is 10.2 Å². The van der Waals surface area contributed by atoms with Crippen molar-refractivity contribution in [2.24, 2.45) is 0 Å². The molecule has 2 aromatic rings. The van der Waals surface area contributed by atoms with Gasteiger partial charge in [0.25, 0.3) is 0 Å². The summed E-state index contributed by atoms with van der Waals surface area (Å²) in [6, 6.07) is 0. The average molecular weight is 333 g/mol. The molecule has 0 saturated carbocycles. The van der Waals surface area contributed by atoms with Gasteiger partial charge >= 0.3 is 6.09 Å². The monoisotopic (exact) mass is 333 g/mol. The second kappa shape index (κ2) is 7.41. The van der Waals surface area contributed by atoms with Gasteiger partial charge in [0.05, 0.1) is 6.61 Å². The molecule has 0 N–H and O–H groups in total. The van der Waals surface area contributed by atoms with Crippen molar-refractivity contribution in [3.05, 3.63) is 24.3 Å². The maximum absolute atomic E-state index is 11.8. The molecule has 0 unspecified atom stereocenters. The number of hydrogen-bond acceptors (Lipinski definition) is 6. The molecule has 24 heavy (non-hydrogen) atoms. The summed E-state index contributed by atoms with van der Waals surface area (Å²) < 4.78 is 8.95. The highest BCUT2D eigenvalue weighted by Crippen LogP contribution is 2.27. The van der Waals surface area contributed by atoms with Gasteiger partial charge < -0.3 is 14.2 Å². The first-order valence-electron chi connectivity index (χ1n) is 8.39. The van der Waals surface area contributed by atoms with E-state index in [0.29, 0.717) is 32.2 Å². The zero-order valence-corrected chi connectivity index (χ0v) is 14.1. The molecule has 9 heteroatoms. The zero-order chi connectivity index (χ0) is 16.9. The van der Waals surface area contributed by atoms with Crippen LogP contribution in [0, 0.1) is 0 Å². The molecule has 3 rings (SSSR count). The van der Waals surface area contributed by atoms with Crippen molar-refractivity contribution in [3.63, 3.8) is 0 Å². The summed E-state index contributed by atoms with van der Waals surface area (Å²) in [5, 5.41) is 12.9. The number of likely N-dealkylation sites (tertiary alicyclic amines) is 1. The van der Waals surface area contributed by atoms with Gasteiger partial charge in [-0.25, -0.2) is 14.5 Å². The third-order valence-corrected chi connectivity index (χ3v) is 4.33. The quantitative estimate of drug-likeness (QED) is 0.818. The van der Waals surface area contributed by atoms with Crippen molar-refractivity contribution < 1.29 is 9.53 Å². The number of piperidine rings is 1. The van der Waals surface area contributed by atoms with Crippen LogP contribution >= 0.6 is 0 Å². The minimum absolute atomic E-state index is 0.222. The van der Waals surface area contributed by atoms with E-state index >= 15 is 0 Å². The number of hydrogen-bond donors (Lipinski definition) is 0. The van der Waals surface area contributed by atoms with Crippen LogP contribution in [0.2, 0.25) is 0 Å². The Morgan fingerprint density at radius 2 is 2.08 bits per heavy atom. The molecule has 9 nitrogen and oxygen atoms in total. The van der Waals surface area contributed by atoms with E-state index in [1.165, 1.54) is 6.33 Å². The molecular weight excluding hydrogens is 310 g/mol. The number of amides is 1. The first-order chi connectivity index (χ1) is 11.7. The molecule has 1 fully saturated rings. The Balaban J connectivity index is 1.67. The predicted molar refractivity (Wildman–Crippen MR) is 85.4 cm³/mol. The molecule has 130 valence electrons. The fourth-order valence-corrected chi connectivity index (χ4v) is 3.11. The number of ether oxygens (including phenoxy) is 1. The lowest BCUT2D eigenvalue weighted by Gasteiger charge is -2.30. The van der Waals surface area contributed by atoms with Crippen LogP contribution in [0.15, 0.2) is 12.7 Å². The van der Waals surface area contributed by atoms with Gasteiger partial charge in [0.2, 0.25) is 0 Å². The Morgan fingerprint density at radius 3 is 2.71 bits per heavy atom. The van der Waals surface area contributed by atoms with Gasteiger partial charge in [-0.3, -0.25) is 0 Å². The summed E-state index contributed by atoms with van der Waals surface area (Å²) in [7, 11) is 0. The lowest BCUT2D eigenvalue weighted by atomic mass is 9.96. The normalized spacial score (nSPS) is 15.7. The molecular formula is C15H23N7O2. The van der Waals surface area contributed by atoms with Crippen LogP contribution in [-0.2, 0) is 17.8 Å². The standard InChI is InChI=1S/C15H23N7O2/c1-3-22-13(9-21-11-16-10-17-21)18-19-14(22)12-5-7-20(8-6-12)15(23)24-4-2/h10-12H,3-9H2,1-2H3. The Hall–Kier alpha value is -2.45. The third-order valence-electron chi connectivity index (χ3n) is 4.33. The Morgan fingerprint density at radius 1 is 1.29 bits per heavy atom. The maximum Gasteiger partial charge on any atom is 0.409 e. The second-order valence-corrected chi connectivity index (χ2v) is 5.77. The minimum Gasteiger partial charge on any atom is -0.450 e. The predicted octanol–water partition coefficient (Wildman–Crippen LogP) is 1.27. The van der Waals surface area contributed by atoms with Crippen LogP contribution < -0.4 is 0 Å². The molecule has 2 aromatic heterocycles. The van der Waals surface area contributed by atoms with E-state index in [4.69, 9.17) is 4.74 Å². The van der Waals surface area contributed by atoms with Crippen LogP contribution in [-0.4, -0.2) is 60.2 Å². The maximum atomic E-state index is 11.8. The third kappa shape index (κ3) is 3.39. The second-order valence-electron chi connectivity index (χ2n) is 5.77. The van der Waals surface area contributed by atoms with Crippen LogP contribution in [0.4, 0.5) is 4.79 Å². The van der Waals surface area contributed by atoms with Crippen molar-refractivity contribution in [2.45, 2.75) is 45.7 Å². The number of nitrogens with zero attached hydrogens (tertiary/aromatic N) is 7. The van der Waals surface area contributed by atoms with E-state index < -0.39 is 0 Å². The molecule has 3 heterocycles. The Labute approximate surface area is 140 Å². The summed E-state index contributed by atoms with van der Waals surface area (Å²) >= 11 is 0. The summed E-state index contributed by atoms with van der Waals surface area (Å²) in [6.07, 6.45) is 4.71. The van der Waals surface area contributed by atoms with E-state index in [1.54, 1.807) is 15.9 Å². The number of carbonyl (C=O) groups is 1. The van der Waals surface area contributed by atoms with E-state index in [-0.39, 0.29) is 6.09 Å². The summed E-state index contributed by atoms with van der Waals surface area (Å²) in [6.45, 7) is 7.08. The molecule has 0 aliphatic carbocycles. The van der Waals surface area contributed by atoms with E-state index in [9.17, 15) is 4.79 Å². The highest BCUT2D eigenvalue weighted by atomic mass is 16.6. The smallest absolute Gasteiger partial charge is 0.409 e. The van der Waals surface area contributed by atoms with Gasteiger partial charge in [-0.2, -0.15) is 5.10 Å². The molecule has 0 radical (unpaired) electrons. The molecule has 1 aliphatic rings. The Bertz CT molecular complexity index is 659. The van der Waals surface area contributed by atoms with Gasteiger partial charge in [0, 0.05) is 25.6 Å². The summed E-state index contributed by atoms with van der Waals surface area (Å²) in [5.41, 5.74) is 0. The molecule has 0 aromatic carbocycles. The fourth-order valence-electron chi connectivity index (χ4n) is 3.11. The first-order valence-corrected chi connectivity index (χ1v) is 8.39. The lowest BCUT2D eigenvalue weighted by molar-refractivity contribution is 0.0964. The molecule has 0 spiro atoms. The van der Waals surface area contributed by atoms with Gasteiger partial charge in [-0.05, 0) is 26.7 Å². The van der Waals surface area contributed by atoms with Crippen molar-refractivity contribution in [1.29, 1.82) is 0 Å². The van der Waals surface area contributed by atoms with Crippen LogP contribution in [0.5, 0.6) is 0 Å². The first kappa shape index (κ1) is 16.4. The van der Waals surface area contributed by atoms with Gasteiger partial charge in [-0.1, -0.05) is 0 Å². The highest BCUT2D eigenvalue weighted by Gasteiger charge is 2.28. The summed E-state index contributed by atoms with van der Waals surface area (Å²) in [4.78, 5) is 17.5. The average Bonchev–Trinajstić information content (AvgIpc) is 3.25. The number of aromatic nitrogens is 6. The zero-order valence-electron chi connectivity index (χ0n) is 14.1. The topological polar surface area (TPSA) is 91.0 Å². The lowest BCUT2D eigenvalue weighted by Crippen LogP contribution is -2.38. The number of carbonyl (C=O) groups excluding carboxylic acids is 1. The van der Waals surface area contributed by atoms with E-state index in [0.717, 1.165) is 31.0 Å².